The molecule has 0 aliphatic rings. The van der Waals surface area contributed by atoms with E-state index < -0.39 is 22.4 Å². The van der Waals surface area contributed by atoms with Gasteiger partial charge in [-0.1, -0.05) is 23.8 Å². The van der Waals surface area contributed by atoms with Gasteiger partial charge in [0.05, 0.1) is 4.92 Å². The average Bonchev–Trinajstić information content (AvgIpc) is 2.48. The summed E-state index contributed by atoms with van der Waals surface area (Å²) < 4.78 is 18.7. The summed E-state index contributed by atoms with van der Waals surface area (Å²) in [6.45, 7) is 3.40. The van der Waals surface area contributed by atoms with Crippen molar-refractivity contribution in [3.05, 3.63) is 69.0 Å². The van der Waals surface area contributed by atoms with Crippen molar-refractivity contribution in [2.45, 2.75) is 26.7 Å². The average molecular weight is 317 g/mol. The molecule has 0 saturated heterocycles. The number of nitro groups is 1. The summed E-state index contributed by atoms with van der Waals surface area (Å²) in [5.74, 6) is -0.874. The van der Waals surface area contributed by atoms with Gasteiger partial charge in [0.25, 0.3) is 0 Å². The van der Waals surface area contributed by atoms with Crippen molar-refractivity contribution in [2.75, 3.05) is 0 Å². The van der Waals surface area contributed by atoms with Gasteiger partial charge in [-0.15, -0.1) is 0 Å². The van der Waals surface area contributed by atoms with Gasteiger partial charge in [0.15, 0.2) is 0 Å². The lowest BCUT2D eigenvalue weighted by Gasteiger charge is -2.08. The first-order valence-electron chi connectivity index (χ1n) is 7.08. The molecule has 23 heavy (non-hydrogen) atoms. The predicted octanol–water partition coefficient (Wildman–Crippen LogP) is 3.89. The van der Waals surface area contributed by atoms with Crippen LogP contribution in [0, 0.1) is 29.8 Å². The highest BCUT2D eigenvalue weighted by Crippen LogP contribution is 2.26. The van der Waals surface area contributed by atoms with Crippen molar-refractivity contribution in [2.24, 2.45) is 0 Å². The van der Waals surface area contributed by atoms with Crippen LogP contribution in [0.2, 0.25) is 0 Å². The summed E-state index contributed by atoms with van der Waals surface area (Å²) in [6.07, 6.45) is 0.301. The molecule has 0 heterocycles. The molecule has 0 unspecified atom stereocenters. The molecule has 0 aliphatic heterocycles. The van der Waals surface area contributed by atoms with Crippen LogP contribution < -0.4 is 4.74 Å². The van der Waals surface area contributed by atoms with Crippen LogP contribution in [-0.2, 0) is 11.2 Å². The van der Waals surface area contributed by atoms with Gasteiger partial charge in [-0.05, 0) is 44.0 Å². The van der Waals surface area contributed by atoms with E-state index in [9.17, 15) is 19.3 Å². The Labute approximate surface area is 132 Å². The van der Waals surface area contributed by atoms with E-state index in [1.807, 2.05) is 19.1 Å². The van der Waals surface area contributed by atoms with Gasteiger partial charge in [0.1, 0.15) is 5.75 Å². The highest BCUT2D eigenvalue weighted by Gasteiger charge is 2.20. The molecule has 2 aromatic rings. The molecule has 6 heteroatoms. The van der Waals surface area contributed by atoms with Crippen LogP contribution in [0.3, 0.4) is 0 Å². The van der Waals surface area contributed by atoms with Crippen LogP contribution in [0.25, 0.3) is 0 Å². The lowest BCUT2D eigenvalue weighted by atomic mass is 10.0. The van der Waals surface area contributed by atoms with E-state index >= 15 is 0 Å². The summed E-state index contributed by atoms with van der Waals surface area (Å²) in [7, 11) is 0. The molecular weight excluding hydrogens is 301 g/mol. The number of benzene rings is 2. The summed E-state index contributed by atoms with van der Waals surface area (Å²) in [5.41, 5.74) is 1.30. The van der Waals surface area contributed by atoms with E-state index in [1.165, 1.54) is 13.0 Å². The minimum absolute atomic E-state index is 0.0531. The molecule has 2 aromatic carbocycles. The molecule has 0 amide bonds. The molecule has 0 N–H and O–H groups in total. The summed E-state index contributed by atoms with van der Waals surface area (Å²) >= 11 is 0. The maximum atomic E-state index is 13.5. The van der Waals surface area contributed by atoms with Crippen LogP contribution in [0.5, 0.6) is 5.75 Å². The zero-order chi connectivity index (χ0) is 17.0. The first-order chi connectivity index (χ1) is 10.9. The molecule has 120 valence electrons. The Hall–Kier alpha value is -2.76. The Morgan fingerprint density at radius 2 is 1.83 bits per heavy atom. The number of nitro benzene ring substituents is 1. The van der Waals surface area contributed by atoms with E-state index in [0.29, 0.717) is 11.3 Å². The molecule has 0 aromatic heterocycles. The number of halogens is 1. The fraction of sp³-hybridized carbons (Fsp3) is 0.235. The maximum Gasteiger partial charge on any atom is 0.311 e. The molecule has 0 aliphatic carbocycles. The Kier molecular flexibility index (Phi) is 5.05. The number of hydrogen-bond acceptors (Lipinski definition) is 4. The number of nitrogens with zero attached hydrogens (tertiary/aromatic N) is 1. The second kappa shape index (κ2) is 7.00. The molecule has 0 radical (unpaired) electrons. The smallest absolute Gasteiger partial charge is 0.311 e. The van der Waals surface area contributed by atoms with Gasteiger partial charge in [-0.3, -0.25) is 14.9 Å². The number of hydrogen-bond donors (Lipinski definition) is 0. The van der Waals surface area contributed by atoms with Crippen molar-refractivity contribution in [3.63, 3.8) is 0 Å². The number of esters is 1. The van der Waals surface area contributed by atoms with Crippen molar-refractivity contribution in [1.82, 2.24) is 0 Å². The first kappa shape index (κ1) is 16.6. The number of carbonyl (C=O) groups is 1. The minimum atomic E-state index is -0.876. The number of ether oxygens (including phenoxy) is 1. The molecular formula is C17H16FNO4. The normalized spacial score (nSPS) is 10.4. The number of aryl methyl sites for hydroxylation is 2. The Balaban J connectivity index is 2.03. The van der Waals surface area contributed by atoms with Gasteiger partial charge >= 0.3 is 11.7 Å². The zero-order valence-electron chi connectivity index (χ0n) is 12.8. The highest BCUT2D eigenvalue weighted by molar-refractivity contribution is 5.72. The Bertz CT molecular complexity index is 741. The number of carbonyl (C=O) groups excluding carboxylic acids is 1. The van der Waals surface area contributed by atoms with Gasteiger partial charge in [-0.2, -0.15) is 4.39 Å². The summed E-state index contributed by atoms with van der Waals surface area (Å²) in [6, 6.07) is 9.55. The molecule has 0 atom stereocenters. The lowest BCUT2D eigenvalue weighted by Crippen LogP contribution is -2.10. The van der Waals surface area contributed by atoms with Crippen LogP contribution in [0.15, 0.2) is 36.4 Å². The van der Waals surface area contributed by atoms with Gasteiger partial charge < -0.3 is 4.74 Å². The molecule has 0 spiro atoms. The third-order valence-electron chi connectivity index (χ3n) is 3.53. The number of rotatable bonds is 5. The molecule has 0 saturated carbocycles. The quantitative estimate of drug-likeness (QED) is 0.363. The topological polar surface area (TPSA) is 69.4 Å². The van der Waals surface area contributed by atoms with Crippen molar-refractivity contribution >= 4 is 11.7 Å². The second-order valence-corrected chi connectivity index (χ2v) is 5.22. The van der Waals surface area contributed by atoms with Crippen LogP contribution in [-0.4, -0.2) is 10.9 Å². The van der Waals surface area contributed by atoms with Crippen molar-refractivity contribution in [3.8, 4) is 5.75 Å². The van der Waals surface area contributed by atoms with Crippen LogP contribution in [0.4, 0.5) is 10.1 Å². The van der Waals surface area contributed by atoms with Crippen molar-refractivity contribution in [1.29, 1.82) is 0 Å². The fourth-order valence-electron chi connectivity index (χ4n) is 2.23. The molecule has 2 rings (SSSR count). The van der Waals surface area contributed by atoms with Gasteiger partial charge in [0, 0.05) is 12.0 Å². The van der Waals surface area contributed by atoms with E-state index in [-0.39, 0.29) is 18.4 Å². The predicted molar refractivity (Wildman–Crippen MR) is 82.9 cm³/mol. The van der Waals surface area contributed by atoms with Gasteiger partial charge in [0.2, 0.25) is 5.82 Å². The highest BCUT2D eigenvalue weighted by atomic mass is 19.1. The largest absolute Gasteiger partial charge is 0.427 e. The van der Waals surface area contributed by atoms with E-state index in [2.05, 4.69) is 0 Å². The van der Waals surface area contributed by atoms with E-state index in [0.717, 1.165) is 11.6 Å². The lowest BCUT2D eigenvalue weighted by molar-refractivity contribution is -0.388. The third-order valence-corrected chi connectivity index (χ3v) is 3.53. The monoisotopic (exact) mass is 317 g/mol. The SMILES string of the molecule is Cc1ccc(OC(=O)CCc2ccc(F)c([N+](=O)[O-])c2C)cc1. The van der Waals surface area contributed by atoms with Crippen LogP contribution in [0.1, 0.15) is 23.1 Å². The van der Waals surface area contributed by atoms with Gasteiger partial charge in [-0.25, -0.2) is 0 Å². The Morgan fingerprint density at radius 3 is 2.43 bits per heavy atom. The molecule has 0 fully saturated rings. The standard InChI is InChI=1S/C17H16FNO4/c1-11-3-7-14(8-4-11)23-16(20)10-6-13-5-9-15(18)17(12(13)2)19(21)22/h3-5,7-9H,6,10H2,1-2H3. The third kappa shape index (κ3) is 4.12. The van der Waals surface area contributed by atoms with Crippen molar-refractivity contribution < 1.29 is 18.8 Å². The second-order valence-electron chi connectivity index (χ2n) is 5.22. The summed E-state index contributed by atoms with van der Waals surface area (Å²) in [5, 5.41) is 10.9. The maximum absolute atomic E-state index is 13.5. The zero-order valence-corrected chi connectivity index (χ0v) is 12.8. The minimum Gasteiger partial charge on any atom is -0.427 e. The van der Waals surface area contributed by atoms with E-state index in [1.54, 1.807) is 12.1 Å². The van der Waals surface area contributed by atoms with Crippen LogP contribution >= 0.6 is 0 Å². The summed E-state index contributed by atoms with van der Waals surface area (Å²) in [4.78, 5) is 22.0. The Morgan fingerprint density at radius 1 is 1.17 bits per heavy atom. The first-order valence-corrected chi connectivity index (χ1v) is 7.08. The molecule has 5 nitrogen and oxygen atoms in total. The molecule has 0 bridgehead atoms. The fourth-order valence-corrected chi connectivity index (χ4v) is 2.23. The van der Waals surface area contributed by atoms with E-state index in [4.69, 9.17) is 4.74 Å².